The van der Waals surface area contributed by atoms with Crippen LogP contribution in [0.4, 0.5) is 0 Å². The summed E-state index contributed by atoms with van der Waals surface area (Å²) in [5, 5.41) is 10.8. The number of rotatable bonds is 1. The zero-order valence-electron chi connectivity index (χ0n) is 8.61. The van der Waals surface area contributed by atoms with Crippen LogP contribution in [0.15, 0.2) is 46.9 Å². The molecule has 1 N–H and O–H groups in total. The Kier molecular flexibility index (Phi) is 3.07. The van der Waals surface area contributed by atoms with E-state index in [2.05, 4.69) is 0 Å². The first kappa shape index (κ1) is 11.9. The van der Waals surface area contributed by atoms with Crippen molar-refractivity contribution in [3.8, 4) is 0 Å². The van der Waals surface area contributed by atoms with Crippen LogP contribution >= 0.6 is 0 Å². The van der Waals surface area contributed by atoms with Gasteiger partial charge >= 0.3 is 5.97 Å². The molecular weight excluding hydrogens is 312 g/mol. The fourth-order valence-electron chi connectivity index (χ4n) is 1.86. The molecule has 0 spiro atoms. The second-order valence-electron chi connectivity index (χ2n) is 3.61. The van der Waals surface area contributed by atoms with E-state index in [0.717, 1.165) is 16.4 Å². The van der Waals surface area contributed by atoms with Crippen LogP contribution in [0.5, 0.6) is 0 Å². The Hall–Kier alpha value is -1.55. The maximum atomic E-state index is 10.8. The molecule has 1 heterocycles. The van der Waals surface area contributed by atoms with E-state index >= 15 is 0 Å². The molecule has 89 valence electrons. The molecule has 1 aromatic heterocycles. The molecule has 1 radical (unpaired) electrons. The van der Waals surface area contributed by atoms with E-state index < -0.39 is 5.97 Å². The third-order valence-corrected chi connectivity index (χ3v) is 2.63. The Morgan fingerprint density at radius 1 is 1.00 bits per heavy atom. The van der Waals surface area contributed by atoms with Crippen molar-refractivity contribution in [2.45, 2.75) is 0 Å². The Bertz CT molecular complexity index is 700. The summed E-state index contributed by atoms with van der Waals surface area (Å²) in [5.74, 6) is -0.942. The fraction of sp³-hybridized carbons (Fsp3) is 0. The molecule has 4 heteroatoms. The fourth-order valence-corrected chi connectivity index (χ4v) is 1.86. The summed E-state index contributed by atoms with van der Waals surface area (Å²) in [4.78, 5) is 10.8. The van der Waals surface area contributed by atoms with Gasteiger partial charge in [0.1, 0.15) is 11.2 Å². The molecule has 3 aromatic rings. The summed E-state index contributed by atoms with van der Waals surface area (Å²) < 4.78 is 5.58. The SMILES string of the molecule is O=C(O)c1ccc2c(c1)oc1ccccc12.[Ag]. The van der Waals surface area contributed by atoms with Crippen molar-refractivity contribution in [3.63, 3.8) is 0 Å². The van der Waals surface area contributed by atoms with Crippen LogP contribution < -0.4 is 0 Å². The van der Waals surface area contributed by atoms with Crippen molar-refractivity contribution in [2.75, 3.05) is 0 Å². The van der Waals surface area contributed by atoms with Gasteiger partial charge in [0.2, 0.25) is 0 Å². The van der Waals surface area contributed by atoms with E-state index in [1.165, 1.54) is 0 Å². The molecule has 17 heavy (non-hydrogen) atoms. The molecule has 0 aliphatic heterocycles. The predicted molar refractivity (Wildman–Crippen MR) is 60.7 cm³/mol. The van der Waals surface area contributed by atoms with E-state index in [1.807, 2.05) is 24.3 Å². The maximum Gasteiger partial charge on any atom is 0.335 e. The van der Waals surface area contributed by atoms with E-state index in [4.69, 9.17) is 9.52 Å². The quantitative estimate of drug-likeness (QED) is 0.700. The maximum absolute atomic E-state index is 10.8. The molecule has 0 aliphatic carbocycles. The number of para-hydroxylation sites is 1. The number of hydrogen-bond donors (Lipinski definition) is 1. The van der Waals surface area contributed by atoms with E-state index in [9.17, 15) is 4.79 Å². The summed E-state index contributed by atoms with van der Waals surface area (Å²) in [5.41, 5.74) is 1.63. The zero-order valence-corrected chi connectivity index (χ0v) is 10.1. The van der Waals surface area contributed by atoms with Crippen LogP contribution in [0.2, 0.25) is 0 Å². The molecule has 3 nitrogen and oxygen atoms in total. The normalized spacial score (nSPS) is 10.4. The Morgan fingerprint density at radius 3 is 2.47 bits per heavy atom. The van der Waals surface area contributed by atoms with Gasteiger partial charge < -0.3 is 9.52 Å². The molecular formula is C13H8AgO3. The van der Waals surface area contributed by atoms with Crippen LogP contribution in [-0.4, -0.2) is 11.1 Å². The topological polar surface area (TPSA) is 50.4 Å². The second kappa shape index (κ2) is 4.37. The third kappa shape index (κ3) is 1.89. The summed E-state index contributed by atoms with van der Waals surface area (Å²) in [6.45, 7) is 0. The number of carbonyl (C=O) groups is 1. The smallest absolute Gasteiger partial charge is 0.335 e. The summed E-state index contributed by atoms with van der Waals surface area (Å²) in [7, 11) is 0. The van der Waals surface area contributed by atoms with Crippen molar-refractivity contribution in [1.82, 2.24) is 0 Å². The molecule has 3 rings (SSSR count). The number of benzene rings is 2. The largest absolute Gasteiger partial charge is 0.478 e. The Balaban J connectivity index is 0.00000108. The van der Waals surface area contributed by atoms with Gasteiger partial charge in [0, 0.05) is 33.2 Å². The second-order valence-corrected chi connectivity index (χ2v) is 3.61. The molecule has 0 unspecified atom stereocenters. The minimum absolute atomic E-state index is 0. The van der Waals surface area contributed by atoms with Crippen LogP contribution in [0, 0.1) is 0 Å². The standard InChI is InChI=1S/C13H8O3.Ag/c14-13(15)8-5-6-10-9-3-1-2-4-11(9)16-12(10)7-8;/h1-7H,(H,14,15);. The van der Waals surface area contributed by atoms with Crippen molar-refractivity contribution in [1.29, 1.82) is 0 Å². The van der Waals surface area contributed by atoms with Crippen LogP contribution in [0.1, 0.15) is 10.4 Å². The van der Waals surface area contributed by atoms with Gasteiger partial charge in [-0.1, -0.05) is 18.2 Å². The molecule has 2 aromatic carbocycles. The minimum Gasteiger partial charge on any atom is -0.478 e. The monoisotopic (exact) mass is 319 g/mol. The zero-order chi connectivity index (χ0) is 11.1. The van der Waals surface area contributed by atoms with Gasteiger partial charge in [-0.3, -0.25) is 0 Å². The van der Waals surface area contributed by atoms with Crippen molar-refractivity contribution >= 4 is 27.9 Å². The molecule has 0 aliphatic rings. The van der Waals surface area contributed by atoms with Gasteiger partial charge in [-0.25, -0.2) is 4.79 Å². The first-order valence-electron chi connectivity index (χ1n) is 4.90. The van der Waals surface area contributed by atoms with E-state index in [0.29, 0.717) is 5.58 Å². The van der Waals surface area contributed by atoms with Crippen LogP contribution in [0.3, 0.4) is 0 Å². The number of furan rings is 1. The van der Waals surface area contributed by atoms with Crippen molar-refractivity contribution in [2.24, 2.45) is 0 Å². The van der Waals surface area contributed by atoms with E-state index in [-0.39, 0.29) is 27.9 Å². The average Bonchev–Trinajstić information content (AvgIpc) is 2.66. The van der Waals surface area contributed by atoms with Crippen LogP contribution in [0.25, 0.3) is 21.9 Å². The van der Waals surface area contributed by atoms with Gasteiger partial charge in [-0.15, -0.1) is 0 Å². The number of fused-ring (bicyclic) bond motifs is 3. The molecule has 0 atom stereocenters. The Morgan fingerprint density at radius 2 is 1.71 bits per heavy atom. The van der Waals surface area contributed by atoms with Gasteiger partial charge in [-0.05, 0) is 24.3 Å². The van der Waals surface area contributed by atoms with Crippen molar-refractivity contribution in [3.05, 3.63) is 48.0 Å². The molecule has 0 bridgehead atoms. The average molecular weight is 320 g/mol. The number of carboxylic acids is 1. The minimum atomic E-state index is -0.942. The molecule has 0 saturated carbocycles. The van der Waals surface area contributed by atoms with E-state index in [1.54, 1.807) is 18.2 Å². The summed E-state index contributed by atoms with van der Waals surface area (Å²) >= 11 is 0. The number of carboxylic acid groups (broad SMARTS) is 1. The van der Waals surface area contributed by atoms with Gasteiger partial charge in [0.15, 0.2) is 0 Å². The van der Waals surface area contributed by atoms with Crippen LogP contribution in [-0.2, 0) is 22.4 Å². The summed E-state index contributed by atoms with van der Waals surface area (Å²) in [6, 6.07) is 12.6. The predicted octanol–water partition coefficient (Wildman–Crippen LogP) is 3.28. The molecule has 0 amide bonds. The number of aromatic carboxylic acids is 1. The first-order chi connectivity index (χ1) is 7.75. The summed E-state index contributed by atoms with van der Waals surface area (Å²) in [6.07, 6.45) is 0. The first-order valence-corrected chi connectivity index (χ1v) is 4.90. The molecule has 0 fully saturated rings. The third-order valence-electron chi connectivity index (χ3n) is 2.63. The van der Waals surface area contributed by atoms with Gasteiger partial charge in [-0.2, -0.15) is 0 Å². The van der Waals surface area contributed by atoms with Crippen molar-refractivity contribution < 1.29 is 36.7 Å². The van der Waals surface area contributed by atoms with Gasteiger partial charge in [0.05, 0.1) is 5.56 Å². The number of hydrogen-bond acceptors (Lipinski definition) is 2. The van der Waals surface area contributed by atoms with Gasteiger partial charge in [0.25, 0.3) is 0 Å². The Labute approximate surface area is 113 Å². The molecule has 0 saturated heterocycles.